The first-order valence-electron chi connectivity index (χ1n) is 7.26. The van der Waals surface area contributed by atoms with Crippen molar-refractivity contribution in [2.24, 2.45) is 0 Å². The second-order valence-electron chi connectivity index (χ2n) is 5.29. The summed E-state index contributed by atoms with van der Waals surface area (Å²) in [5.41, 5.74) is 3.60. The number of nitrogens with one attached hydrogen (secondary N) is 2. The molecular weight excluding hydrogens is 282 g/mol. The van der Waals surface area contributed by atoms with Crippen molar-refractivity contribution in [2.75, 3.05) is 11.9 Å². The Hall–Kier alpha value is -1.72. The van der Waals surface area contributed by atoms with Crippen LogP contribution in [0.1, 0.15) is 28.1 Å². The fourth-order valence-electron chi connectivity index (χ4n) is 2.50. The van der Waals surface area contributed by atoms with Crippen LogP contribution in [0, 0.1) is 6.92 Å². The molecule has 1 aromatic heterocycles. The summed E-state index contributed by atoms with van der Waals surface area (Å²) < 4.78 is 0. The summed E-state index contributed by atoms with van der Waals surface area (Å²) in [5.74, 6) is 0.0392. The smallest absolute Gasteiger partial charge is 0.226 e. The number of thiazole rings is 1. The van der Waals surface area contributed by atoms with Gasteiger partial charge in [-0.1, -0.05) is 24.3 Å². The molecule has 110 valence electrons. The van der Waals surface area contributed by atoms with E-state index in [2.05, 4.69) is 34.7 Å². The summed E-state index contributed by atoms with van der Waals surface area (Å²) in [6.45, 7) is 3.92. The third-order valence-corrected chi connectivity index (χ3v) is 4.74. The lowest BCUT2D eigenvalue weighted by atomic mass is 10.0. The van der Waals surface area contributed by atoms with Crippen molar-refractivity contribution >= 4 is 22.4 Å². The summed E-state index contributed by atoms with van der Waals surface area (Å²) in [5, 5.41) is 6.98. The zero-order valence-electron chi connectivity index (χ0n) is 12.1. The molecule has 0 spiro atoms. The van der Waals surface area contributed by atoms with Crippen LogP contribution in [0.25, 0.3) is 0 Å². The monoisotopic (exact) mass is 301 g/mol. The fourth-order valence-corrected chi connectivity index (χ4v) is 3.49. The van der Waals surface area contributed by atoms with E-state index in [9.17, 15) is 4.79 Å². The van der Waals surface area contributed by atoms with E-state index in [1.807, 2.05) is 12.1 Å². The van der Waals surface area contributed by atoms with Gasteiger partial charge in [0.2, 0.25) is 5.91 Å². The van der Waals surface area contributed by atoms with Crippen molar-refractivity contribution in [3.8, 4) is 0 Å². The van der Waals surface area contributed by atoms with Crippen LogP contribution in [0.15, 0.2) is 24.3 Å². The van der Waals surface area contributed by atoms with E-state index in [0.717, 1.165) is 36.8 Å². The van der Waals surface area contributed by atoms with E-state index >= 15 is 0 Å². The second-order valence-corrected chi connectivity index (χ2v) is 6.37. The summed E-state index contributed by atoms with van der Waals surface area (Å²) in [6.07, 6.45) is 2.21. The number of carbonyl (C=O) groups is 1. The van der Waals surface area contributed by atoms with Gasteiger partial charge in [-0.15, -0.1) is 11.3 Å². The molecule has 0 bridgehead atoms. The third-order valence-electron chi connectivity index (χ3n) is 3.73. The molecule has 0 radical (unpaired) electrons. The number of aryl methyl sites for hydroxylation is 2. The topological polar surface area (TPSA) is 54.0 Å². The predicted molar refractivity (Wildman–Crippen MR) is 85.7 cm³/mol. The lowest BCUT2D eigenvalue weighted by Crippen LogP contribution is -2.22. The molecule has 1 amide bonds. The molecule has 1 aromatic carbocycles. The van der Waals surface area contributed by atoms with Gasteiger partial charge in [-0.05, 0) is 24.5 Å². The summed E-state index contributed by atoms with van der Waals surface area (Å²) >= 11 is 1.58. The number of fused-ring (bicyclic) bond motifs is 1. The van der Waals surface area contributed by atoms with E-state index in [1.54, 1.807) is 11.3 Å². The van der Waals surface area contributed by atoms with Crippen LogP contribution in [0.5, 0.6) is 0 Å². The van der Waals surface area contributed by atoms with Crippen molar-refractivity contribution < 1.29 is 4.79 Å². The predicted octanol–water partition coefficient (Wildman–Crippen LogP) is 2.67. The van der Waals surface area contributed by atoms with E-state index in [1.165, 1.54) is 16.0 Å². The molecule has 3 rings (SSSR count). The zero-order valence-corrected chi connectivity index (χ0v) is 12.9. The molecule has 0 aliphatic carbocycles. The standard InChI is InChI=1S/C16H19N3OS/c1-11-4-2-3-5-12(11)6-7-15(20)19-16-18-13-8-9-17-10-14(13)21-16/h2-5,17H,6-10H2,1H3,(H,18,19,20). The van der Waals surface area contributed by atoms with Crippen molar-refractivity contribution in [2.45, 2.75) is 32.7 Å². The Morgan fingerprint density at radius 3 is 3.10 bits per heavy atom. The maximum Gasteiger partial charge on any atom is 0.226 e. The molecule has 5 heteroatoms. The molecule has 0 atom stereocenters. The lowest BCUT2D eigenvalue weighted by molar-refractivity contribution is -0.116. The number of anilines is 1. The maximum atomic E-state index is 12.0. The minimum Gasteiger partial charge on any atom is -0.311 e. The highest BCUT2D eigenvalue weighted by Gasteiger charge is 2.15. The average Bonchev–Trinajstić information content (AvgIpc) is 2.88. The number of aromatic nitrogens is 1. The van der Waals surface area contributed by atoms with Crippen LogP contribution in [-0.4, -0.2) is 17.4 Å². The molecular formula is C16H19N3OS. The Kier molecular flexibility index (Phi) is 4.31. The lowest BCUT2D eigenvalue weighted by Gasteiger charge is -2.09. The Bertz CT molecular complexity index is 627. The van der Waals surface area contributed by atoms with Gasteiger partial charge in [0.1, 0.15) is 0 Å². The molecule has 4 nitrogen and oxygen atoms in total. The van der Waals surface area contributed by atoms with E-state index in [4.69, 9.17) is 0 Å². The van der Waals surface area contributed by atoms with Crippen LogP contribution in [-0.2, 0) is 24.2 Å². The van der Waals surface area contributed by atoms with Crippen molar-refractivity contribution in [3.63, 3.8) is 0 Å². The first-order chi connectivity index (χ1) is 10.2. The first-order valence-corrected chi connectivity index (χ1v) is 8.07. The summed E-state index contributed by atoms with van der Waals surface area (Å²) in [4.78, 5) is 17.8. The van der Waals surface area contributed by atoms with Crippen LogP contribution in [0.3, 0.4) is 0 Å². The first kappa shape index (κ1) is 14.2. The molecule has 1 aliphatic heterocycles. The second kappa shape index (κ2) is 6.37. The maximum absolute atomic E-state index is 12.0. The van der Waals surface area contributed by atoms with Crippen LogP contribution in [0.2, 0.25) is 0 Å². The van der Waals surface area contributed by atoms with Gasteiger partial charge in [0.15, 0.2) is 5.13 Å². The molecule has 0 saturated carbocycles. The van der Waals surface area contributed by atoms with Crippen LogP contribution in [0.4, 0.5) is 5.13 Å². The Morgan fingerprint density at radius 2 is 2.29 bits per heavy atom. The highest BCUT2D eigenvalue weighted by molar-refractivity contribution is 7.15. The van der Waals surface area contributed by atoms with E-state index in [0.29, 0.717) is 6.42 Å². The van der Waals surface area contributed by atoms with Gasteiger partial charge < -0.3 is 10.6 Å². The molecule has 0 unspecified atom stereocenters. The highest BCUT2D eigenvalue weighted by Crippen LogP contribution is 2.25. The Labute approximate surface area is 128 Å². The SMILES string of the molecule is Cc1ccccc1CCC(=O)Nc1nc2c(s1)CNCC2. The number of benzene rings is 1. The number of nitrogens with zero attached hydrogens (tertiary/aromatic N) is 1. The number of carbonyl (C=O) groups excluding carboxylic acids is 1. The largest absolute Gasteiger partial charge is 0.311 e. The average molecular weight is 301 g/mol. The van der Waals surface area contributed by atoms with Gasteiger partial charge in [0, 0.05) is 30.8 Å². The molecule has 1 aliphatic rings. The van der Waals surface area contributed by atoms with Crippen molar-refractivity contribution in [1.29, 1.82) is 0 Å². The minimum atomic E-state index is 0.0392. The minimum absolute atomic E-state index is 0.0392. The van der Waals surface area contributed by atoms with E-state index < -0.39 is 0 Å². The molecule has 0 fully saturated rings. The Morgan fingerprint density at radius 1 is 1.43 bits per heavy atom. The number of hydrogen-bond donors (Lipinski definition) is 2. The van der Waals surface area contributed by atoms with Gasteiger partial charge in [-0.2, -0.15) is 0 Å². The fraction of sp³-hybridized carbons (Fsp3) is 0.375. The summed E-state index contributed by atoms with van der Waals surface area (Å²) in [7, 11) is 0. The normalized spacial score (nSPS) is 13.8. The highest BCUT2D eigenvalue weighted by atomic mass is 32.1. The molecule has 0 saturated heterocycles. The molecule has 21 heavy (non-hydrogen) atoms. The summed E-state index contributed by atoms with van der Waals surface area (Å²) in [6, 6.07) is 8.20. The van der Waals surface area contributed by atoms with Crippen LogP contribution >= 0.6 is 11.3 Å². The van der Waals surface area contributed by atoms with Crippen molar-refractivity contribution in [3.05, 3.63) is 46.0 Å². The number of amides is 1. The molecule has 2 heterocycles. The van der Waals surface area contributed by atoms with E-state index in [-0.39, 0.29) is 5.91 Å². The van der Waals surface area contributed by atoms with Crippen molar-refractivity contribution in [1.82, 2.24) is 10.3 Å². The molecule has 2 aromatic rings. The molecule has 2 N–H and O–H groups in total. The van der Waals surface area contributed by atoms with Gasteiger partial charge >= 0.3 is 0 Å². The number of rotatable bonds is 4. The van der Waals surface area contributed by atoms with Gasteiger partial charge in [-0.3, -0.25) is 4.79 Å². The van der Waals surface area contributed by atoms with Crippen LogP contribution < -0.4 is 10.6 Å². The van der Waals surface area contributed by atoms with Gasteiger partial charge in [-0.25, -0.2) is 4.98 Å². The Balaban J connectivity index is 1.57. The van der Waals surface area contributed by atoms with Gasteiger partial charge in [0.25, 0.3) is 0 Å². The van der Waals surface area contributed by atoms with Gasteiger partial charge in [0.05, 0.1) is 5.69 Å². The third kappa shape index (κ3) is 3.49. The number of hydrogen-bond acceptors (Lipinski definition) is 4. The zero-order chi connectivity index (χ0) is 14.7. The quantitative estimate of drug-likeness (QED) is 0.913.